The molecule has 20 heavy (non-hydrogen) atoms. The third-order valence-corrected chi connectivity index (χ3v) is 5.03. The molecule has 0 spiro atoms. The highest BCUT2D eigenvalue weighted by molar-refractivity contribution is 7.21. The van der Waals surface area contributed by atoms with Gasteiger partial charge in [-0.15, -0.1) is 11.3 Å². The van der Waals surface area contributed by atoms with Crippen LogP contribution in [0.1, 0.15) is 28.2 Å². The van der Waals surface area contributed by atoms with Gasteiger partial charge in [-0.25, -0.2) is 0 Å². The number of nitrogens with two attached hydrogens (primary N) is 1. The van der Waals surface area contributed by atoms with E-state index >= 15 is 0 Å². The first-order chi connectivity index (χ1) is 9.58. The molecule has 0 aliphatic carbocycles. The average Bonchev–Trinajstić information content (AvgIpc) is 2.90. The summed E-state index contributed by atoms with van der Waals surface area (Å²) < 4.78 is 1.78. The second kappa shape index (κ2) is 5.06. The summed E-state index contributed by atoms with van der Waals surface area (Å²) in [6.07, 6.45) is 1.94. The van der Waals surface area contributed by atoms with E-state index in [1.54, 1.807) is 4.68 Å². The lowest BCUT2D eigenvalue weighted by molar-refractivity contribution is 0.0934. The summed E-state index contributed by atoms with van der Waals surface area (Å²) in [5, 5.41) is 11.6. The van der Waals surface area contributed by atoms with E-state index in [0.717, 1.165) is 41.8 Å². The number of aryl methyl sites for hydroxylation is 2. The van der Waals surface area contributed by atoms with Crippen molar-refractivity contribution in [2.24, 2.45) is 7.05 Å². The quantitative estimate of drug-likeness (QED) is 0.771. The van der Waals surface area contributed by atoms with Gasteiger partial charge in [0.25, 0.3) is 5.91 Å². The molecule has 1 aliphatic rings. The van der Waals surface area contributed by atoms with Crippen molar-refractivity contribution in [1.29, 1.82) is 0 Å². The number of rotatable bonds is 2. The number of carbonyl (C=O) groups excluding carboxylic acids is 1. The number of hydrogen-bond donors (Lipinski definition) is 3. The maximum Gasteiger partial charge on any atom is 0.263 e. The summed E-state index contributed by atoms with van der Waals surface area (Å²) in [5.74, 6) is -0.0602. The van der Waals surface area contributed by atoms with Crippen LogP contribution in [0.25, 0.3) is 10.2 Å². The van der Waals surface area contributed by atoms with Gasteiger partial charge in [0.2, 0.25) is 0 Å². The number of nitrogen functional groups attached to an aromatic ring is 1. The first kappa shape index (κ1) is 13.4. The Kier molecular flexibility index (Phi) is 3.39. The molecule has 108 valence electrons. The third-order valence-electron chi connectivity index (χ3n) is 3.76. The summed E-state index contributed by atoms with van der Waals surface area (Å²) in [5.41, 5.74) is 7.57. The molecule has 0 unspecified atom stereocenters. The Morgan fingerprint density at radius 1 is 1.50 bits per heavy atom. The summed E-state index contributed by atoms with van der Waals surface area (Å²) in [4.78, 5) is 14.0. The minimum Gasteiger partial charge on any atom is -0.397 e. The van der Waals surface area contributed by atoms with E-state index in [0.29, 0.717) is 10.6 Å². The van der Waals surface area contributed by atoms with Crippen molar-refractivity contribution < 1.29 is 4.79 Å². The smallest absolute Gasteiger partial charge is 0.263 e. The maximum absolute atomic E-state index is 12.4. The number of nitrogens with zero attached hydrogens (tertiary/aromatic N) is 2. The van der Waals surface area contributed by atoms with Crippen LogP contribution in [-0.4, -0.2) is 34.8 Å². The molecule has 0 saturated carbocycles. The number of piperidine rings is 1. The molecule has 0 bridgehead atoms. The molecular weight excluding hydrogens is 274 g/mol. The Labute approximate surface area is 121 Å². The minimum atomic E-state index is -0.0602. The summed E-state index contributed by atoms with van der Waals surface area (Å²) in [6, 6.07) is 0.243. The van der Waals surface area contributed by atoms with Crippen molar-refractivity contribution in [3.05, 3.63) is 10.6 Å². The van der Waals surface area contributed by atoms with Crippen LogP contribution in [-0.2, 0) is 7.05 Å². The van der Waals surface area contributed by atoms with Gasteiger partial charge < -0.3 is 16.4 Å². The van der Waals surface area contributed by atoms with E-state index in [4.69, 9.17) is 5.73 Å². The number of thiophene rings is 1. The van der Waals surface area contributed by atoms with Crippen LogP contribution in [0.5, 0.6) is 0 Å². The van der Waals surface area contributed by atoms with Crippen molar-refractivity contribution in [2.45, 2.75) is 25.8 Å². The fourth-order valence-electron chi connectivity index (χ4n) is 2.72. The predicted molar refractivity (Wildman–Crippen MR) is 81.1 cm³/mol. The number of carbonyl (C=O) groups is 1. The number of nitrogens with one attached hydrogen (secondary N) is 2. The summed E-state index contributed by atoms with van der Waals surface area (Å²) in [6.45, 7) is 3.83. The van der Waals surface area contributed by atoms with Gasteiger partial charge >= 0.3 is 0 Å². The molecule has 2 aromatic rings. The average molecular weight is 293 g/mol. The Hall–Kier alpha value is -1.60. The lowest BCUT2D eigenvalue weighted by atomic mass is 10.1. The van der Waals surface area contributed by atoms with Crippen LogP contribution in [0.4, 0.5) is 5.69 Å². The van der Waals surface area contributed by atoms with Crippen molar-refractivity contribution in [1.82, 2.24) is 20.4 Å². The number of aromatic nitrogens is 2. The highest BCUT2D eigenvalue weighted by atomic mass is 32.1. The van der Waals surface area contributed by atoms with Gasteiger partial charge in [0.05, 0.1) is 16.8 Å². The molecule has 0 radical (unpaired) electrons. The molecule has 7 heteroatoms. The molecule has 1 amide bonds. The third kappa shape index (κ3) is 2.16. The molecule has 2 aromatic heterocycles. The normalized spacial score (nSPS) is 16.7. The van der Waals surface area contributed by atoms with E-state index in [-0.39, 0.29) is 11.9 Å². The van der Waals surface area contributed by atoms with E-state index in [2.05, 4.69) is 15.7 Å². The Morgan fingerprint density at radius 3 is 2.85 bits per heavy atom. The summed E-state index contributed by atoms with van der Waals surface area (Å²) >= 11 is 1.42. The van der Waals surface area contributed by atoms with Crippen LogP contribution in [0.15, 0.2) is 0 Å². The molecule has 1 saturated heterocycles. The van der Waals surface area contributed by atoms with Crippen molar-refractivity contribution >= 4 is 33.1 Å². The molecule has 0 aromatic carbocycles. The van der Waals surface area contributed by atoms with E-state index in [1.165, 1.54) is 11.3 Å². The second-order valence-electron chi connectivity index (χ2n) is 5.23. The number of hydrogen-bond acceptors (Lipinski definition) is 5. The van der Waals surface area contributed by atoms with E-state index in [9.17, 15) is 4.79 Å². The van der Waals surface area contributed by atoms with Gasteiger partial charge in [-0.05, 0) is 32.9 Å². The van der Waals surface area contributed by atoms with Crippen LogP contribution >= 0.6 is 11.3 Å². The second-order valence-corrected chi connectivity index (χ2v) is 6.23. The maximum atomic E-state index is 12.4. The fraction of sp³-hybridized carbons (Fsp3) is 0.538. The predicted octanol–water partition coefficient (Wildman–Crippen LogP) is 1.01. The SMILES string of the molecule is Cc1nn(C)c2sc(C(=O)NC3CCNCC3)c(N)c12. The molecule has 0 atom stereocenters. The standard InChI is InChI=1S/C13H19N5OS/c1-7-9-10(14)11(20-13(9)18(2)17-7)12(19)16-8-3-5-15-6-4-8/h8,15H,3-6,14H2,1-2H3,(H,16,19). The van der Waals surface area contributed by atoms with Gasteiger partial charge in [-0.3, -0.25) is 9.48 Å². The Morgan fingerprint density at radius 2 is 2.20 bits per heavy atom. The molecule has 3 heterocycles. The van der Waals surface area contributed by atoms with Gasteiger partial charge in [0.1, 0.15) is 9.71 Å². The highest BCUT2D eigenvalue weighted by Crippen LogP contribution is 2.35. The molecule has 6 nitrogen and oxygen atoms in total. The minimum absolute atomic E-state index is 0.0602. The molecule has 1 aliphatic heterocycles. The number of amides is 1. The van der Waals surface area contributed by atoms with E-state index < -0.39 is 0 Å². The molecular formula is C13H19N5OS. The fourth-order valence-corrected chi connectivity index (χ4v) is 3.80. The van der Waals surface area contributed by atoms with E-state index in [1.807, 2.05) is 14.0 Å². The first-order valence-electron chi connectivity index (χ1n) is 6.81. The Balaban J connectivity index is 1.87. The van der Waals surface area contributed by atoms with Crippen LogP contribution in [0, 0.1) is 6.92 Å². The van der Waals surface area contributed by atoms with Gasteiger partial charge in [-0.2, -0.15) is 5.10 Å². The number of anilines is 1. The molecule has 4 N–H and O–H groups in total. The largest absolute Gasteiger partial charge is 0.397 e. The van der Waals surface area contributed by atoms with Crippen molar-refractivity contribution in [3.8, 4) is 0 Å². The highest BCUT2D eigenvalue weighted by Gasteiger charge is 2.23. The van der Waals surface area contributed by atoms with Gasteiger partial charge in [-0.1, -0.05) is 0 Å². The van der Waals surface area contributed by atoms with Crippen LogP contribution in [0.3, 0.4) is 0 Å². The molecule has 3 rings (SSSR count). The van der Waals surface area contributed by atoms with Crippen LogP contribution < -0.4 is 16.4 Å². The Bertz CT molecular complexity index is 653. The zero-order chi connectivity index (χ0) is 14.3. The topological polar surface area (TPSA) is 85.0 Å². The van der Waals surface area contributed by atoms with Crippen LogP contribution in [0.2, 0.25) is 0 Å². The van der Waals surface area contributed by atoms with Gasteiger partial charge in [0.15, 0.2) is 0 Å². The van der Waals surface area contributed by atoms with Gasteiger partial charge in [0, 0.05) is 13.1 Å². The summed E-state index contributed by atoms with van der Waals surface area (Å²) in [7, 11) is 1.87. The zero-order valence-corrected chi connectivity index (χ0v) is 12.5. The monoisotopic (exact) mass is 293 g/mol. The molecule has 1 fully saturated rings. The van der Waals surface area contributed by atoms with Crippen molar-refractivity contribution in [3.63, 3.8) is 0 Å². The first-order valence-corrected chi connectivity index (χ1v) is 7.62. The lowest BCUT2D eigenvalue weighted by Crippen LogP contribution is -2.42. The van der Waals surface area contributed by atoms with Crippen molar-refractivity contribution in [2.75, 3.05) is 18.8 Å². The number of fused-ring (bicyclic) bond motifs is 1. The zero-order valence-electron chi connectivity index (χ0n) is 11.7. The lowest BCUT2D eigenvalue weighted by Gasteiger charge is -2.23.